The summed E-state index contributed by atoms with van der Waals surface area (Å²) in [6.07, 6.45) is 1.43. The number of nitrogens with zero attached hydrogens (tertiary/aromatic N) is 5. The van der Waals surface area contributed by atoms with Gasteiger partial charge in [0.25, 0.3) is 5.56 Å². The van der Waals surface area contributed by atoms with E-state index in [4.69, 9.17) is 0 Å². The largest absolute Gasteiger partial charge is 0.369 e. The molecule has 2 aromatic heterocycles. The molecular formula is C21H24N6O. The first kappa shape index (κ1) is 18.3. The number of anilines is 1. The van der Waals surface area contributed by atoms with Gasteiger partial charge in [-0.1, -0.05) is 26.0 Å². The zero-order chi connectivity index (χ0) is 19.8. The maximum absolute atomic E-state index is 13.0. The summed E-state index contributed by atoms with van der Waals surface area (Å²) in [4.78, 5) is 21.0. The van der Waals surface area contributed by atoms with Crippen molar-refractivity contribution in [3.63, 3.8) is 0 Å². The smallest absolute Gasteiger partial charge is 0.278 e. The van der Waals surface area contributed by atoms with Gasteiger partial charge in [0, 0.05) is 37.4 Å². The van der Waals surface area contributed by atoms with E-state index in [2.05, 4.69) is 45.1 Å². The van der Waals surface area contributed by atoms with Crippen molar-refractivity contribution in [3.8, 4) is 17.3 Å². The van der Waals surface area contributed by atoms with Gasteiger partial charge in [0.1, 0.15) is 11.6 Å². The van der Waals surface area contributed by atoms with E-state index in [1.54, 1.807) is 0 Å². The summed E-state index contributed by atoms with van der Waals surface area (Å²) < 4.78 is 1.29. The average molecular weight is 376 g/mol. The molecule has 3 heterocycles. The second-order valence-electron chi connectivity index (χ2n) is 7.64. The molecule has 1 N–H and O–H groups in total. The van der Waals surface area contributed by atoms with Crippen molar-refractivity contribution in [1.82, 2.24) is 19.5 Å². The van der Waals surface area contributed by atoms with Crippen LogP contribution in [0.3, 0.4) is 0 Å². The Bertz CT molecular complexity index is 1090. The Morgan fingerprint density at radius 3 is 2.43 bits per heavy atom. The van der Waals surface area contributed by atoms with E-state index >= 15 is 0 Å². The van der Waals surface area contributed by atoms with Crippen LogP contribution >= 0.6 is 0 Å². The minimum Gasteiger partial charge on any atom is -0.369 e. The molecule has 1 fully saturated rings. The number of aromatic amines is 1. The Morgan fingerprint density at radius 1 is 1.14 bits per heavy atom. The van der Waals surface area contributed by atoms with E-state index < -0.39 is 0 Å². The Labute approximate surface area is 163 Å². The molecule has 1 aromatic carbocycles. The molecule has 1 aliphatic rings. The predicted molar refractivity (Wildman–Crippen MR) is 110 cm³/mol. The van der Waals surface area contributed by atoms with E-state index in [1.807, 2.05) is 26.0 Å². The van der Waals surface area contributed by atoms with Gasteiger partial charge in [0.15, 0.2) is 5.65 Å². The first-order valence-corrected chi connectivity index (χ1v) is 9.57. The molecule has 1 saturated heterocycles. The highest BCUT2D eigenvalue weighted by atomic mass is 16.1. The Morgan fingerprint density at radius 2 is 1.82 bits per heavy atom. The molecule has 3 aromatic rings. The standard InChI is InChI=1S/C21H24N6O/c1-14(2)18-19(24-20-16(12-22)13-23-27(20)21(18)28)15-4-6-17(7-5-15)26-10-8-25(3)9-11-26/h4-7,13-14,24H,8-11H2,1-3H3. The van der Waals surface area contributed by atoms with Crippen molar-refractivity contribution in [2.75, 3.05) is 38.1 Å². The van der Waals surface area contributed by atoms with E-state index in [0.29, 0.717) is 16.8 Å². The lowest BCUT2D eigenvalue weighted by atomic mass is 9.98. The molecule has 0 spiro atoms. The molecule has 0 aliphatic carbocycles. The number of aromatic nitrogens is 3. The van der Waals surface area contributed by atoms with Gasteiger partial charge in [-0.05, 0) is 30.7 Å². The topological polar surface area (TPSA) is 80.4 Å². The lowest BCUT2D eigenvalue weighted by Crippen LogP contribution is -2.44. The molecule has 0 bridgehead atoms. The van der Waals surface area contributed by atoms with E-state index in [-0.39, 0.29) is 11.5 Å². The van der Waals surface area contributed by atoms with Crippen molar-refractivity contribution in [2.24, 2.45) is 0 Å². The number of nitriles is 1. The number of hydrogen-bond donors (Lipinski definition) is 1. The van der Waals surface area contributed by atoms with Crippen LogP contribution in [-0.2, 0) is 0 Å². The van der Waals surface area contributed by atoms with Crippen LogP contribution in [-0.4, -0.2) is 52.7 Å². The lowest BCUT2D eigenvalue weighted by Gasteiger charge is -2.34. The number of rotatable bonds is 3. The maximum atomic E-state index is 13.0. The van der Waals surface area contributed by atoms with Crippen molar-refractivity contribution in [1.29, 1.82) is 5.26 Å². The SMILES string of the molecule is CC(C)c1c(-c2ccc(N3CCN(C)CC3)cc2)[nH]c2c(C#N)cnn2c1=O. The second-order valence-corrected chi connectivity index (χ2v) is 7.64. The number of benzene rings is 1. The van der Waals surface area contributed by atoms with Gasteiger partial charge < -0.3 is 14.8 Å². The quantitative estimate of drug-likeness (QED) is 0.759. The molecule has 1 aliphatic heterocycles. The third-order valence-corrected chi connectivity index (χ3v) is 5.43. The monoisotopic (exact) mass is 376 g/mol. The Hall–Kier alpha value is -3.11. The van der Waals surface area contributed by atoms with Gasteiger partial charge in [-0.2, -0.15) is 14.9 Å². The van der Waals surface area contributed by atoms with Crippen LogP contribution in [0.15, 0.2) is 35.3 Å². The van der Waals surface area contributed by atoms with Gasteiger partial charge in [0.2, 0.25) is 0 Å². The second kappa shape index (κ2) is 7.13. The summed E-state index contributed by atoms with van der Waals surface area (Å²) in [6, 6.07) is 10.4. The van der Waals surface area contributed by atoms with Crippen molar-refractivity contribution in [3.05, 3.63) is 51.9 Å². The van der Waals surface area contributed by atoms with Crippen LogP contribution < -0.4 is 10.5 Å². The summed E-state index contributed by atoms with van der Waals surface area (Å²) in [5.74, 6) is 0.0233. The number of H-pyrrole nitrogens is 1. The third-order valence-electron chi connectivity index (χ3n) is 5.43. The number of likely N-dealkylation sites (N-methyl/N-ethyl adjacent to an activating group) is 1. The van der Waals surface area contributed by atoms with Gasteiger partial charge in [-0.25, -0.2) is 0 Å². The highest BCUT2D eigenvalue weighted by Crippen LogP contribution is 2.28. The summed E-state index contributed by atoms with van der Waals surface area (Å²) >= 11 is 0. The Kier molecular flexibility index (Phi) is 4.65. The normalized spacial score (nSPS) is 15.3. The minimum absolute atomic E-state index is 0.0233. The molecule has 4 rings (SSSR count). The number of piperazine rings is 1. The van der Waals surface area contributed by atoms with Crippen LogP contribution in [0.1, 0.15) is 30.9 Å². The Balaban J connectivity index is 1.79. The van der Waals surface area contributed by atoms with E-state index in [9.17, 15) is 10.1 Å². The first-order valence-electron chi connectivity index (χ1n) is 9.57. The average Bonchev–Trinajstić information content (AvgIpc) is 3.12. The fourth-order valence-electron chi connectivity index (χ4n) is 3.78. The third kappa shape index (κ3) is 3.06. The number of nitrogens with one attached hydrogen (secondary N) is 1. The predicted octanol–water partition coefficient (Wildman–Crippen LogP) is 2.44. The van der Waals surface area contributed by atoms with Crippen LogP contribution in [0, 0.1) is 11.3 Å². The van der Waals surface area contributed by atoms with Gasteiger partial charge >= 0.3 is 0 Å². The summed E-state index contributed by atoms with van der Waals surface area (Å²) in [5.41, 5.74) is 4.18. The molecular weight excluding hydrogens is 352 g/mol. The summed E-state index contributed by atoms with van der Waals surface area (Å²) in [5, 5.41) is 13.4. The molecule has 0 radical (unpaired) electrons. The number of hydrogen-bond acceptors (Lipinski definition) is 5. The zero-order valence-electron chi connectivity index (χ0n) is 16.4. The molecule has 0 amide bonds. The van der Waals surface area contributed by atoms with Crippen molar-refractivity contribution < 1.29 is 0 Å². The van der Waals surface area contributed by atoms with E-state index in [1.165, 1.54) is 16.4 Å². The van der Waals surface area contributed by atoms with Crippen LogP contribution in [0.5, 0.6) is 0 Å². The fraction of sp³-hybridized carbons (Fsp3) is 0.381. The molecule has 28 heavy (non-hydrogen) atoms. The van der Waals surface area contributed by atoms with Crippen LogP contribution in [0.4, 0.5) is 5.69 Å². The molecule has 7 nitrogen and oxygen atoms in total. The summed E-state index contributed by atoms with van der Waals surface area (Å²) in [6.45, 7) is 8.12. The van der Waals surface area contributed by atoms with Gasteiger partial charge in [-0.3, -0.25) is 4.79 Å². The van der Waals surface area contributed by atoms with Gasteiger partial charge in [-0.15, -0.1) is 0 Å². The highest BCUT2D eigenvalue weighted by molar-refractivity contribution is 5.70. The van der Waals surface area contributed by atoms with Crippen molar-refractivity contribution in [2.45, 2.75) is 19.8 Å². The van der Waals surface area contributed by atoms with E-state index in [0.717, 1.165) is 37.4 Å². The van der Waals surface area contributed by atoms with Crippen LogP contribution in [0.25, 0.3) is 16.9 Å². The molecule has 0 saturated carbocycles. The molecule has 7 heteroatoms. The molecule has 0 unspecified atom stereocenters. The zero-order valence-corrected chi connectivity index (χ0v) is 16.4. The van der Waals surface area contributed by atoms with Gasteiger partial charge in [0.05, 0.1) is 11.9 Å². The molecule has 0 atom stereocenters. The number of fused-ring (bicyclic) bond motifs is 1. The van der Waals surface area contributed by atoms with Crippen LogP contribution in [0.2, 0.25) is 0 Å². The first-order chi connectivity index (χ1) is 13.5. The summed E-state index contributed by atoms with van der Waals surface area (Å²) in [7, 11) is 2.15. The fourth-order valence-corrected chi connectivity index (χ4v) is 3.78. The minimum atomic E-state index is -0.177. The highest BCUT2D eigenvalue weighted by Gasteiger charge is 2.20. The lowest BCUT2D eigenvalue weighted by molar-refractivity contribution is 0.313. The van der Waals surface area contributed by atoms with Crippen molar-refractivity contribution >= 4 is 11.3 Å². The molecule has 144 valence electrons. The maximum Gasteiger partial charge on any atom is 0.278 e.